The molecule has 1 rings (SSSR count). The molecule has 0 aromatic carbocycles. The van der Waals surface area contributed by atoms with Gasteiger partial charge in [0.05, 0.1) is 19.7 Å². The first-order valence-electron chi connectivity index (χ1n) is 6.38. The minimum Gasteiger partial charge on any atom is -0.383 e. The second kappa shape index (κ2) is 13.5. The summed E-state index contributed by atoms with van der Waals surface area (Å²) in [5.74, 6) is -0.00940. The van der Waals surface area contributed by atoms with Crippen molar-refractivity contribution in [1.82, 2.24) is 15.2 Å². The molecule has 0 atom stereocenters. The molecule has 0 spiro atoms. The van der Waals surface area contributed by atoms with E-state index in [9.17, 15) is 9.59 Å². The van der Waals surface area contributed by atoms with E-state index in [1.165, 1.54) is 4.90 Å². The molecule has 0 saturated carbocycles. The zero-order chi connectivity index (χ0) is 15.7. The number of carbonyl (C=O) groups is 2. The molecule has 0 bridgehead atoms. The molecule has 1 heterocycles. The van der Waals surface area contributed by atoms with Gasteiger partial charge in [0, 0.05) is 31.4 Å². The van der Waals surface area contributed by atoms with Gasteiger partial charge >= 0.3 is 0 Å². The molecule has 1 aromatic heterocycles. The molecular weight excluding hydrogens is 411 g/mol. The maximum Gasteiger partial charge on any atom is 0.245 e. The Hall–Kier alpha value is -0.930. The van der Waals surface area contributed by atoms with Crippen LogP contribution in [0, 0.1) is 0 Å². The number of pyridine rings is 1. The first-order valence-corrected chi connectivity index (χ1v) is 7.17. The summed E-state index contributed by atoms with van der Waals surface area (Å²) in [7, 11) is 3.17. The van der Waals surface area contributed by atoms with Crippen molar-refractivity contribution in [3.05, 3.63) is 22.8 Å². The Labute approximate surface area is 156 Å². The molecule has 2 amide bonds. The zero-order valence-corrected chi connectivity index (χ0v) is 16.1. The summed E-state index contributed by atoms with van der Waals surface area (Å²) in [6.45, 7) is 1.27. The van der Waals surface area contributed by atoms with Crippen LogP contribution in [0.4, 0.5) is 5.82 Å². The lowest BCUT2D eigenvalue weighted by Crippen LogP contribution is -2.40. The molecular formula is C13H21BrCl2N4O3. The first-order chi connectivity index (χ1) is 10.0. The van der Waals surface area contributed by atoms with Crippen molar-refractivity contribution in [2.75, 3.05) is 45.7 Å². The third-order valence-electron chi connectivity index (χ3n) is 2.56. The van der Waals surface area contributed by atoms with Crippen LogP contribution in [-0.4, -0.2) is 62.1 Å². The molecule has 0 radical (unpaired) electrons. The number of hydrogen-bond donors (Lipinski definition) is 2. The number of ether oxygens (including phenoxy) is 1. The van der Waals surface area contributed by atoms with E-state index in [-0.39, 0.29) is 49.7 Å². The van der Waals surface area contributed by atoms with E-state index in [4.69, 9.17) is 4.74 Å². The summed E-state index contributed by atoms with van der Waals surface area (Å²) >= 11 is 3.26. The highest BCUT2D eigenvalue weighted by Gasteiger charge is 2.12. The van der Waals surface area contributed by atoms with E-state index in [0.29, 0.717) is 19.0 Å². The van der Waals surface area contributed by atoms with E-state index >= 15 is 0 Å². The van der Waals surface area contributed by atoms with Crippen LogP contribution in [0.15, 0.2) is 22.8 Å². The number of carbonyl (C=O) groups excluding carboxylic acids is 2. The highest BCUT2D eigenvalue weighted by molar-refractivity contribution is 9.10. The smallest absolute Gasteiger partial charge is 0.245 e. The number of halogens is 3. The molecule has 1 aromatic rings. The topological polar surface area (TPSA) is 83.6 Å². The molecule has 0 aliphatic heterocycles. The monoisotopic (exact) mass is 430 g/mol. The molecule has 0 fully saturated rings. The molecule has 132 valence electrons. The number of aromatic nitrogens is 1. The van der Waals surface area contributed by atoms with Crippen molar-refractivity contribution in [3.63, 3.8) is 0 Å². The highest BCUT2D eigenvalue weighted by atomic mass is 79.9. The van der Waals surface area contributed by atoms with Gasteiger partial charge in [-0.05, 0) is 28.1 Å². The molecule has 0 unspecified atom stereocenters. The van der Waals surface area contributed by atoms with Gasteiger partial charge in [-0.1, -0.05) is 0 Å². The summed E-state index contributed by atoms with van der Waals surface area (Å²) in [6, 6.07) is 3.45. The quantitative estimate of drug-likeness (QED) is 0.606. The molecule has 7 nitrogen and oxygen atoms in total. The van der Waals surface area contributed by atoms with E-state index in [0.717, 1.165) is 4.47 Å². The normalized spacial score (nSPS) is 9.35. The zero-order valence-electron chi connectivity index (χ0n) is 12.9. The molecule has 2 N–H and O–H groups in total. The van der Waals surface area contributed by atoms with E-state index in [1.54, 1.807) is 32.5 Å². The Bertz CT molecular complexity index is 477. The third kappa shape index (κ3) is 10.5. The predicted octanol–water partition coefficient (Wildman–Crippen LogP) is 1.32. The number of methoxy groups -OCH3 is 1. The number of amides is 2. The molecule has 23 heavy (non-hydrogen) atoms. The van der Waals surface area contributed by atoms with Crippen LogP contribution in [0.5, 0.6) is 0 Å². The summed E-state index contributed by atoms with van der Waals surface area (Å²) in [5, 5.41) is 5.56. The summed E-state index contributed by atoms with van der Waals surface area (Å²) < 4.78 is 5.69. The molecule has 0 aliphatic carbocycles. The Kier molecular flexibility index (Phi) is 14.3. The number of rotatable bonds is 8. The van der Waals surface area contributed by atoms with Crippen LogP contribution in [-0.2, 0) is 14.3 Å². The minimum absolute atomic E-state index is 0. The van der Waals surface area contributed by atoms with Gasteiger partial charge in [0.15, 0.2) is 0 Å². The van der Waals surface area contributed by atoms with Crippen molar-refractivity contribution in [3.8, 4) is 0 Å². The van der Waals surface area contributed by atoms with E-state index in [1.807, 2.05) is 0 Å². The molecule has 0 aliphatic rings. The Balaban J connectivity index is 0. The minimum atomic E-state index is -0.294. The van der Waals surface area contributed by atoms with Crippen LogP contribution in [0.2, 0.25) is 0 Å². The highest BCUT2D eigenvalue weighted by Crippen LogP contribution is 2.10. The summed E-state index contributed by atoms with van der Waals surface area (Å²) in [4.78, 5) is 28.9. The second-order valence-electron chi connectivity index (χ2n) is 4.33. The Morgan fingerprint density at radius 1 is 1.35 bits per heavy atom. The van der Waals surface area contributed by atoms with Gasteiger partial charge in [-0.2, -0.15) is 0 Å². The number of nitrogens with zero attached hydrogens (tertiary/aromatic N) is 2. The van der Waals surface area contributed by atoms with Gasteiger partial charge in [0.1, 0.15) is 5.82 Å². The lowest BCUT2D eigenvalue weighted by atomic mass is 10.4. The predicted molar refractivity (Wildman–Crippen MR) is 97.4 cm³/mol. The van der Waals surface area contributed by atoms with Gasteiger partial charge in [0.2, 0.25) is 11.8 Å². The van der Waals surface area contributed by atoms with Crippen molar-refractivity contribution in [2.24, 2.45) is 0 Å². The van der Waals surface area contributed by atoms with Gasteiger partial charge in [-0.3, -0.25) is 9.59 Å². The van der Waals surface area contributed by atoms with Crippen molar-refractivity contribution in [1.29, 1.82) is 0 Å². The van der Waals surface area contributed by atoms with Crippen LogP contribution in [0.3, 0.4) is 0 Å². The van der Waals surface area contributed by atoms with Gasteiger partial charge < -0.3 is 20.3 Å². The van der Waals surface area contributed by atoms with Crippen molar-refractivity contribution in [2.45, 2.75) is 0 Å². The number of hydrogen-bond acceptors (Lipinski definition) is 5. The van der Waals surface area contributed by atoms with Crippen LogP contribution < -0.4 is 10.6 Å². The van der Waals surface area contributed by atoms with Crippen molar-refractivity contribution >= 4 is 58.4 Å². The average Bonchev–Trinajstić information content (AvgIpc) is 2.45. The van der Waals surface area contributed by atoms with Crippen LogP contribution >= 0.6 is 40.7 Å². The van der Waals surface area contributed by atoms with Crippen LogP contribution in [0.25, 0.3) is 0 Å². The SMILES string of the molecule is COCCNCC(=O)N(C)CC(=O)Nc1ccc(Br)cn1.Cl.Cl. The van der Waals surface area contributed by atoms with Gasteiger partial charge in [-0.15, -0.1) is 24.8 Å². The van der Waals surface area contributed by atoms with E-state index in [2.05, 4.69) is 31.5 Å². The number of nitrogens with one attached hydrogen (secondary N) is 2. The lowest BCUT2D eigenvalue weighted by Gasteiger charge is -2.17. The largest absolute Gasteiger partial charge is 0.383 e. The summed E-state index contributed by atoms with van der Waals surface area (Å²) in [6.07, 6.45) is 1.59. The lowest BCUT2D eigenvalue weighted by molar-refractivity contribution is -0.132. The molecule has 10 heteroatoms. The Morgan fingerprint density at radius 3 is 2.61 bits per heavy atom. The van der Waals surface area contributed by atoms with Gasteiger partial charge in [-0.25, -0.2) is 4.98 Å². The standard InChI is InChI=1S/C13H19BrN4O3.2ClH/c1-18(13(20)8-15-5-6-21-2)9-12(19)17-11-4-3-10(14)7-16-11;;/h3-4,7,15H,5-6,8-9H2,1-2H3,(H,16,17,19);2*1H. The average molecular weight is 432 g/mol. The van der Waals surface area contributed by atoms with Crippen LogP contribution in [0.1, 0.15) is 0 Å². The van der Waals surface area contributed by atoms with E-state index < -0.39 is 0 Å². The fraction of sp³-hybridized carbons (Fsp3) is 0.462. The fourth-order valence-electron chi connectivity index (χ4n) is 1.44. The number of anilines is 1. The number of likely N-dealkylation sites (N-methyl/N-ethyl adjacent to an activating group) is 1. The van der Waals surface area contributed by atoms with Crippen molar-refractivity contribution < 1.29 is 14.3 Å². The van der Waals surface area contributed by atoms with Gasteiger partial charge in [0.25, 0.3) is 0 Å². The fourth-order valence-corrected chi connectivity index (χ4v) is 1.67. The maximum atomic E-state index is 11.8. The first kappa shape index (κ1) is 24.3. The maximum absolute atomic E-state index is 11.8. The Morgan fingerprint density at radius 2 is 2.04 bits per heavy atom. The third-order valence-corrected chi connectivity index (χ3v) is 3.03. The summed E-state index contributed by atoms with van der Waals surface area (Å²) in [5.41, 5.74) is 0. The second-order valence-corrected chi connectivity index (χ2v) is 5.24. The molecule has 0 saturated heterocycles.